The van der Waals surface area contributed by atoms with Crippen LogP contribution in [0.3, 0.4) is 0 Å². The molecule has 4 aromatic rings. The summed E-state index contributed by atoms with van der Waals surface area (Å²) in [5.74, 6) is -1.50. The van der Waals surface area contributed by atoms with Crippen LogP contribution in [-0.4, -0.2) is 74.9 Å². The Morgan fingerprint density at radius 1 is 0.569 bits per heavy atom. The summed E-state index contributed by atoms with van der Waals surface area (Å²) in [7, 11) is -26.6. The number of benzene rings is 4. The predicted octanol–water partition coefficient (Wildman–Crippen LogP) is 3.10. The number of phenolic OH excluding ortho intramolecular Hbond substituents is 1. The molecule has 0 aliphatic carbocycles. The zero-order chi connectivity index (χ0) is 38.6. The molecule has 8 N–H and O–H groups in total. The van der Waals surface area contributed by atoms with Gasteiger partial charge in [-0.3, -0.25) is 32.9 Å². The van der Waals surface area contributed by atoms with Crippen molar-refractivity contribution in [2.75, 3.05) is 5.73 Å². The largest absolute Gasteiger partial charge is 0.505 e. The predicted molar refractivity (Wildman–Crippen MR) is 167 cm³/mol. The Morgan fingerprint density at radius 2 is 1.10 bits per heavy atom. The van der Waals surface area contributed by atoms with E-state index in [-0.39, 0.29) is 6.07 Å². The number of non-ortho nitro benzene ring substituents is 1. The second-order valence-corrected chi connectivity index (χ2v) is 16.6. The maximum Gasteiger partial charge on any atom is 0.297 e. The molecule has 0 aliphatic heterocycles. The van der Waals surface area contributed by atoms with Gasteiger partial charge in [-0.05, 0) is 36.4 Å². The van der Waals surface area contributed by atoms with E-state index in [4.69, 9.17) is 5.73 Å². The van der Waals surface area contributed by atoms with Crippen molar-refractivity contribution in [3.05, 3.63) is 58.6 Å². The number of hydrogen-bond donors (Lipinski definition) is 7. The molecule has 4 aromatic carbocycles. The Balaban J connectivity index is 2.10. The molecule has 0 saturated heterocycles. The van der Waals surface area contributed by atoms with Gasteiger partial charge < -0.3 is 10.8 Å². The molecular formula is C22H16N6O18S5. The molecule has 0 bridgehead atoms. The number of hydrogen-bond acceptors (Lipinski definition) is 18. The highest BCUT2D eigenvalue weighted by Gasteiger charge is 2.29. The van der Waals surface area contributed by atoms with Gasteiger partial charge in [0.15, 0.2) is 5.75 Å². The van der Waals surface area contributed by atoms with Gasteiger partial charge >= 0.3 is 0 Å². The lowest BCUT2D eigenvalue weighted by Crippen LogP contribution is -2.04. The van der Waals surface area contributed by atoms with Gasteiger partial charge in [-0.1, -0.05) is 0 Å². The van der Waals surface area contributed by atoms with Crippen LogP contribution in [0.2, 0.25) is 0 Å². The van der Waals surface area contributed by atoms with Gasteiger partial charge in [0.2, 0.25) is 0 Å². The van der Waals surface area contributed by atoms with Crippen molar-refractivity contribution in [1.82, 2.24) is 0 Å². The molecule has 0 aliphatic rings. The second-order valence-electron chi connectivity index (χ2n) is 9.62. The number of nitro groups is 1. The number of fused-ring (bicyclic) bond motifs is 1. The lowest BCUT2D eigenvalue weighted by molar-refractivity contribution is -0.385. The smallest absolute Gasteiger partial charge is 0.297 e. The van der Waals surface area contributed by atoms with Gasteiger partial charge in [-0.25, -0.2) is 0 Å². The van der Waals surface area contributed by atoms with Crippen LogP contribution in [-0.2, 0) is 50.6 Å². The highest BCUT2D eigenvalue weighted by Crippen LogP contribution is 2.48. The van der Waals surface area contributed by atoms with Gasteiger partial charge in [0.25, 0.3) is 56.3 Å². The molecule has 0 amide bonds. The van der Waals surface area contributed by atoms with E-state index in [0.29, 0.717) is 36.4 Å². The molecule has 0 atom stereocenters. The number of nitro benzene ring substituents is 1. The summed E-state index contributed by atoms with van der Waals surface area (Å²) >= 11 is 0. The lowest BCUT2D eigenvalue weighted by Gasteiger charge is -2.14. The minimum atomic E-state index is -5.59. The topological polar surface area (TPSA) is 411 Å². The van der Waals surface area contributed by atoms with Gasteiger partial charge in [-0.2, -0.15) is 42.1 Å². The number of nitrogens with two attached hydrogens (primary N) is 1. The van der Waals surface area contributed by atoms with E-state index in [1.807, 2.05) is 0 Å². The van der Waals surface area contributed by atoms with Crippen LogP contribution in [0.4, 0.5) is 34.1 Å². The normalized spacial score (nSPS) is 13.4. The maximum absolute atomic E-state index is 12.4. The molecule has 272 valence electrons. The molecule has 0 radical (unpaired) electrons. The minimum Gasteiger partial charge on any atom is -0.505 e. The van der Waals surface area contributed by atoms with Crippen LogP contribution in [0, 0.1) is 10.1 Å². The summed E-state index contributed by atoms with van der Waals surface area (Å²) in [6, 6.07) is 3.78. The molecule has 0 unspecified atom stereocenters. The minimum absolute atomic E-state index is 0.282. The second kappa shape index (κ2) is 12.9. The number of azo groups is 2. The Hall–Kier alpha value is -5.11. The fraction of sp³-hybridized carbons (Fsp3) is 0. The molecule has 51 heavy (non-hydrogen) atoms. The van der Waals surface area contributed by atoms with Crippen LogP contribution < -0.4 is 5.73 Å². The van der Waals surface area contributed by atoms with Crippen LogP contribution in [0.1, 0.15) is 0 Å². The Kier molecular flexibility index (Phi) is 9.78. The van der Waals surface area contributed by atoms with Crippen molar-refractivity contribution in [3.8, 4) is 5.75 Å². The molecule has 0 fully saturated rings. The molecule has 0 spiro atoms. The third-order valence-corrected chi connectivity index (χ3v) is 10.7. The van der Waals surface area contributed by atoms with E-state index < -0.39 is 131 Å². The summed E-state index contributed by atoms with van der Waals surface area (Å²) in [6.45, 7) is 0. The van der Waals surface area contributed by atoms with Crippen molar-refractivity contribution < 1.29 is 74.9 Å². The Morgan fingerprint density at radius 3 is 1.61 bits per heavy atom. The summed E-state index contributed by atoms with van der Waals surface area (Å²) in [6.07, 6.45) is 0. The van der Waals surface area contributed by atoms with Crippen molar-refractivity contribution in [2.45, 2.75) is 24.5 Å². The third kappa shape index (κ3) is 8.11. The third-order valence-electron chi connectivity index (χ3n) is 6.34. The molecule has 29 heteroatoms. The van der Waals surface area contributed by atoms with Crippen LogP contribution in [0.25, 0.3) is 10.8 Å². The fourth-order valence-corrected chi connectivity index (χ4v) is 7.27. The summed E-state index contributed by atoms with van der Waals surface area (Å²) < 4.78 is 168. The zero-order valence-corrected chi connectivity index (χ0v) is 28.1. The lowest BCUT2D eigenvalue weighted by atomic mass is 10.0. The van der Waals surface area contributed by atoms with Gasteiger partial charge in [0.05, 0.1) is 20.9 Å². The quantitative estimate of drug-likeness (QED) is 0.0397. The molecule has 24 nitrogen and oxygen atoms in total. The number of phenols is 1. The van der Waals surface area contributed by atoms with E-state index in [0.717, 1.165) is 6.07 Å². The number of rotatable bonds is 10. The standard InChI is InChI=1S/C22H16N6O18S5/c23-20-14(26-24-12-3-1-9(28(30)31)5-17(12)50(41,42)43)8-16(49(38,39)40)11-7-18(51(44,45)46)21(22(29)19(11)20)27-25-13-6-10(47(32,33)34)2-4-15(13)48(35,36)37/h1-8,29H,23H2,(H,32,33,34)(H,35,36,37)(H,38,39,40)(H,41,42,43)(H,44,45,46). The average Bonchev–Trinajstić information content (AvgIpc) is 2.97. The summed E-state index contributed by atoms with van der Waals surface area (Å²) in [4.78, 5) is 3.89. The van der Waals surface area contributed by atoms with Gasteiger partial charge in [0, 0.05) is 17.5 Å². The van der Waals surface area contributed by atoms with Gasteiger partial charge in [-0.15, -0.1) is 20.5 Å². The monoisotopic (exact) mass is 812 g/mol. The van der Waals surface area contributed by atoms with Crippen molar-refractivity contribution in [2.24, 2.45) is 20.5 Å². The van der Waals surface area contributed by atoms with E-state index in [2.05, 4.69) is 20.5 Å². The van der Waals surface area contributed by atoms with Crippen molar-refractivity contribution in [1.29, 1.82) is 0 Å². The zero-order valence-electron chi connectivity index (χ0n) is 24.1. The molecule has 0 saturated carbocycles. The van der Waals surface area contributed by atoms with E-state index >= 15 is 0 Å². The Bertz CT molecular complexity index is 2820. The number of aromatic hydroxyl groups is 1. The SMILES string of the molecule is Nc1c(N=Nc2ccc([N+](=O)[O-])cc2S(=O)(=O)O)cc(S(=O)(=O)O)c2cc(S(=O)(=O)O)c(N=Nc3cc(S(=O)(=O)O)ccc3S(=O)(=O)O)c(O)c12. The van der Waals surface area contributed by atoms with Gasteiger partial charge in [0.1, 0.15) is 42.3 Å². The van der Waals surface area contributed by atoms with Crippen molar-refractivity contribution in [3.63, 3.8) is 0 Å². The van der Waals surface area contributed by atoms with Crippen LogP contribution in [0.15, 0.2) is 93.5 Å². The fourth-order valence-electron chi connectivity index (χ4n) is 4.17. The van der Waals surface area contributed by atoms with E-state index in [1.54, 1.807) is 0 Å². The highest BCUT2D eigenvalue weighted by atomic mass is 32.2. The van der Waals surface area contributed by atoms with Crippen LogP contribution in [0.5, 0.6) is 5.75 Å². The average molecular weight is 813 g/mol. The molecule has 4 rings (SSSR count). The highest BCUT2D eigenvalue weighted by molar-refractivity contribution is 7.87. The first-order valence-electron chi connectivity index (χ1n) is 12.4. The number of nitrogen functional groups attached to an aromatic ring is 1. The summed E-state index contributed by atoms with van der Waals surface area (Å²) in [5, 5.41) is 33.9. The first kappa shape index (κ1) is 38.7. The number of anilines is 1. The summed E-state index contributed by atoms with van der Waals surface area (Å²) in [5.41, 5.74) is 0.215. The van der Waals surface area contributed by atoms with Crippen molar-refractivity contribution >= 4 is 95.5 Å². The molecule has 0 heterocycles. The Labute approximate surface area is 284 Å². The van der Waals surface area contributed by atoms with Crippen LogP contribution >= 0.6 is 0 Å². The molecule has 0 aromatic heterocycles. The maximum atomic E-state index is 12.4. The molecular weight excluding hydrogens is 797 g/mol. The van der Waals surface area contributed by atoms with E-state index in [9.17, 15) is 80.1 Å². The number of nitrogens with zero attached hydrogens (tertiary/aromatic N) is 5. The van der Waals surface area contributed by atoms with E-state index in [1.165, 1.54) is 0 Å². The first-order valence-corrected chi connectivity index (χ1v) is 19.6. The first-order chi connectivity index (χ1) is 23.1.